The van der Waals surface area contributed by atoms with Crippen LogP contribution in [-0.2, 0) is 0 Å². The normalized spacial score (nSPS) is 35.1. The maximum absolute atomic E-state index is 4.57. The first-order valence-electron chi connectivity index (χ1n) is 5.35. The number of aryl methyl sites for hydroxylation is 1. The minimum atomic E-state index is 0.557. The predicted molar refractivity (Wildman–Crippen MR) is 53.8 cm³/mol. The van der Waals surface area contributed by atoms with Gasteiger partial charge in [-0.2, -0.15) is 0 Å². The van der Waals surface area contributed by atoms with Gasteiger partial charge in [0.2, 0.25) is 0 Å². The van der Waals surface area contributed by atoms with Gasteiger partial charge >= 0.3 is 0 Å². The first kappa shape index (κ1) is 8.36. The lowest BCUT2D eigenvalue weighted by Crippen LogP contribution is -2.23. The molecule has 3 heterocycles. The lowest BCUT2D eigenvalue weighted by molar-refractivity contribution is 0.260. The summed E-state index contributed by atoms with van der Waals surface area (Å²) in [5, 5.41) is 0. The Morgan fingerprint density at radius 1 is 1.43 bits per heavy atom. The van der Waals surface area contributed by atoms with Crippen molar-refractivity contribution in [1.82, 2.24) is 14.9 Å². The summed E-state index contributed by atoms with van der Waals surface area (Å²) in [6, 6.07) is 0.557. The number of fused-ring (bicyclic) bond motifs is 2. The van der Waals surface area contributed by atoms with Crippen LogP contribution < -0.4 is 0 Å². The summed E-state index contributed by atoms with van der Waals surface area (Å²) in [5.74, 6) is 0.919. The van der Waals surface area contributed by atoms with Crippen LogP contribution >= 0.6 is 0 Å². The molecule has 0 aromatic carbocycles. The van der Waals surface area contributed by atoms with E-state index >= 15 is 0 Å². The first-order chi connectivity index (χ1) is 6.83. The summed E-state index contributed by atoms with van der Waals surface area (Å²) in [7, 11) is 0. The molecule has 3 atom stereocenters. The first-order valence-corrected chi connectivity index (χ1v) is 5.35. The van der Waals surface area contributed by atoms with Crippen LogP contribution in [0.1, 0.15) is 30.3 Å². The molecule has 1 aromatic heterocycles. The number of hydrogen-bond donors (Lipinski definition) is 0. The van der Waals surface area contributed by atoms with Crippen molar-refractivity contribution in [3.63, 3.8) is 0 Å². The lowest BCUT2D eigenvalue weighted by atomic mass is 9.99. The fourth-order valence-electron chi connectivity index (χ4n) is 2.75. The number of hydrogen-bond acceptors (Lipinski definition) is 3. The van der Waals surface area contributed by atoms with Gasteiger partial charge in [0.1, 0.15) is 0 Å². The molecule has 2 bridgehead atoms. The SMILES string of the molecule is Cc1cncc(C2CC3CCN2C3)n1. The van der Waals surface area contributed by atoms with Crippen molar-refractivity contribution >= 4 is 0 Å². The van der Waals surface area contributed by atoms with Crippen LogP contribution in [0.25, 0.3) is 0 Å². The van der Waals surface area contributed by atoms with E-state index in [1.807, 2.05) is 19.3 Å². The van der Waals surface area contributed by atoms with Crippen LogP contribution in [0.2, 0.25) is 0 Å². The van der Waals surface area contributed by atoms with Crippen LogP contribution in [0.15, 0.2) is 12.4 Å². The van der Waals surface area contributed by atoms with Crippen LogP contribution in [0.5, 0.6) is 0 Å². The summed E-state index contributed by atoms with van der Waals surface area (Å²) in [6.07, 6.45) is 6.43. The van der Waals surface area contributed by atoms with Crippen molar-refractivity contribution in [2.75, 3.05) is 13.1 Å². The fraction of sp³-hybridized carbons (Fsp3) is 0.636. The average Bonchev–Trinajstić information content (AvgIpc) is 2.78. The zero-order valence-electron chi connectivity index (χ0n) is 8.48. The number of nitrogens with zero attached hydrogens (tertiary/aromatic N) is 3. The van der Waals surface area contributed by atoms with Crippen LogP contribution in [0, 0.1) is 12.8 Å². The van der Waals surface area contributed by atoms with E-state index in [2.05, 4.69) is 14.9 Å². The third-order valence-electron chi connectivity index (χ3n) is 3.43. The van der Waals surface area contributed by atoms with E-state index in [4.69, 9.17) is 0 Å². The van der Waals surface area contributed by atoms with Crippen molar-refractivity contribution in [2.45, 2.75) is 25.8 Å². The molecule has 0 saturated carbocycles. The topological polar surface area (TPSA) is 29.0 Å². The van der Waals surface area contributed by atoms with E-state index in [9.17, 15) is 0 Å². The number of aromatic nitrogens is 2. The van der Waals surface area contributed by atoms with E-state index in [0.717, 1.165) is 11.6 Å². The summed E-state index contributed by atoms with van der Waals surface area (Å²) >= 11 is 0. The summed E-state index contributed by atoms with van der Waals surface area (Å²) in [6.45, 7) is 4.55. The van der Waals surface area contributed by atoms with E-state index < -0.39 is 0 Å². The Morgan fingerprint density at radius 2 is 2.36 bits per heavy atom. The largest absolute Gasteiger partial charge is 0.294 e. The minimum absolute atomic E-state index is 0.557. The standard InChI is InChI=1S/C11H15N3/c1-8-5-12-6-10(13-8)11-4-9-2-3-14(11)7-9/h5-6,9,11H,2-4,7H2,1H3. The van der Waals surface area contributed by atoms with Gasteiger partial charge in [-0.25, -0.2) is 0 Å². The Balaban J connectivity index is 1.89. The van der Waals surface area contributed by atoms with Gasteiger partial charge in [-0.15, -0.1) is 0 Å². The number of rotatable bonds is 1. The highest BCUT2D eigenvalue weighted by atomic mass is 15.2. The maximum Gasteiger partial charge on any atom is 0.0761 e. The smallest absolute Gasteiger partial charge is 0.0761 e. The second-order valence-corrected chi connectivity index (χ2v) is 4.49. The van der Waals surface area contributed by atoms with Crippen molar-refractivity contribution in [1.29, 1.82) is 0 Å². The molecule has 3 nitrogen and oxygen atoms in total. The third-order valence-corrected chi connectivity index (χ3v) is 3.43. The molecular weight excluding hydrogens is 174 g/mol. The zero-order valence-corrected chi connectivity index (χ0v) is 8.48. The Hall–Kier alpha value is -0.960. The molecule has 2 fully saturated rings. The molecular formula is C11H15N3. The molecule has 3 heteroatoms. The Kier molecular flexibility index (Phi) is 1.80. The van der Waals surface area contributed by atoms with Crippen LogP contribution in [0.4, 0.5) is 0 Å². The van der Waals surface area contributed by atoms with Gasteiger partial charge in [-0.1, -0.05) is 0 Å². The van der Waals surface area contributed by atoms with Gasteiger partial charge in [0.25, 0.3) is 0 Å². The molecule has 0 radical (unpaired) electrons. The summed E-state index contributed by atoms with van der Waals surface area (Å²) < 4.78 is 0. The molecule has 0 spiro atoms. The van der Waals surface area contributed by atoms with Crippen molar-refractivity contribution in [3.8, 4) is 0 Å². The van der Waals surface area contributed by atoms with Crippen molar-refractivity contribution < 1.29 is 0 Å². The minimum Gasteiger partial charge on any atom is -0.294 e. The lowest BCUT2D eigenvalue weighted by Gasteiger charge is -2.23. The van der Waals surface area contributed by atoms with Gasteiger partial charge in [0.05, 0.1) is 17.4 Å². The highest BCUT2D eigenvalue weighted by Crippen LogP contribution is 2.40. The summed E-state index contributed by atoms with van der Waals surface area (Å²) in [5.41, 5.74) is 2.21. The molecule has 2 saturated heterocycles. The zero-order chi connectivity index (χ0) is 9.54. The molecule has 0 amide bonds. The molecule has 3 unspecified atom stereocenters. The Labute approximate surface area is 84.2 Å². The van der Waals surface area contributed by atoms with Crippen LogP contribution in [-0.4, -0.2) is 28.0 Å². The highest BCUT2D eigenvalue weighted by molar-refractivity contribution is 5.11. The quantitative estimate of drug-likeness (QED) is 0.671. The second kappa shape index (κ2) is 3.02. The molecule has 2 aliphatic heterocycles. The van der Waals surface area contributed by atoms with Gasteiger partial charge < -0.3 is 0 Å². The fourth-order valence-corrected chi connectivity index (χ4v) is 2.75. The molecule has 3 rings (SSSR count). The van der Waals surface area contributed by atoms with Crippen LogP contribution in [0.3, 0.4) is 0 Å². The Bertz CT molecular complexity index is 350. The number of piperidine rings is 1. The third kappa shape index (κ3) is 1.23. The molecule has 0 aliphatic carbocycles. The molecule has 0 N–H and O–H groups in total. The molecule has 74 valence electrons. The van der Waals surface area contributed by atoms with E-state index in [-0.39, 0.29) is 0 Å². The second-order valence-electron chi connectivity index (χ2n) is 4.49. The van der Waals surface area contributed by atoms with Gasteiger partial charge in [0.15, 0.2) is 0 Å². The monoisotopic (exact) mass is 189 g/mol. The van der Waals surface area contributed by atoms with Gasteiger partial charge in [0, 0.05) is 18.9 Å². The predicted octanol–water partition coefficient (Wildman–Crippen LogP) is 1.55. The van der Waals surface area contributed by atoms with Crippen molar-refractivity contribution in [2.24, 2.45) is 5.92 Å². The van der Waals surface area contributed by atoms with Gasteiger partial charge in [-0.05, 0) is 32.2 Å². The van der Waals surface area contributed by atoms with Gasteiger partial charge in [-0.3, -0.25) is 14.9 Å². The van der Waals surface area contributed by atoms with E-state index in [1.165, 1.54) is 31.6 Å². The van der Waals surface area contributed by atoms with Crippen molar-refractivity contribution in [3.05, 3.63) is 23.8 Å². The van der Waals surface area contributed by atoms with E-state index in [1.54, 1.807) is 0 Å². The average molecular weight is 189 g/mol. The Morgan fingerprint density at radius 3 is 3.00 bits per heavy atom. The highest BCUT2D eigenvalue weighted by Gasteiger charge is 2.38. The molecule has 14 heavy (non-hydrogen) atoms. The summed E-state index contributed by atoms with van der Waals surface area (Å²) in [4.78, 5) is 11.3. The molecule has 1 aromatic rings. The van der Waals surface area contributed by atoms with E-state index in [0.29, 0.717) is 6.04 Å². The molecule has 2 aliphatic rings. The maximum atomic E-state index is 4.57.